The minimum Gasteiger partial charge on any atom is -0.474 e. The molecule has 5 heteroatoms. The van der Waals surface area contributed by atoms with E-state index in [1.165, 1.54) is 29.7 Å². The fourth-order valence-corrected chi connectivity index (χ4v) is 5.02. The molecule has 0 aliphatic heterocycles. The van der Waals surface area contributed by atoms with Crippen molar-refractivity contribution in [3.05, 3.63) is 16.8 Å². The Balaban J connectivity index is 1.74. The molecule has 0 aromatic carbocycles. The Kier molecular flexibility index (Phi) is 3.71. The number of ether oxygens (including phenoxy) is 1. The summed E-state index contributed by atoms with van der Waals surface area (Å²) in [4.78, 5) is 11.3. The Morgan fingerprint density at radius 1 is 1.23 bits per heavy atom. The fourth-order valence-electron chi connectivity index (χ4n) is 3.78. The zero-order valence-electron chi connectivity index (χ0n) is 12.5. The lowest BCUT2D eigenvalue weighted by Crippen LogP contribution is -2.20. The van der Waals surface area contributed by atoms with Crippen LogP contribution < -0.4 is 4.74 Å². The van der Waals surface area contributed by atoms with Crippen molar-refractivity contribution in [1.29, 1.82) is 5.26 Å². The summed E-state index contributed by atoms with van der Waals surface area (Å²) < 4.78 is 6.25. The van der Waals surface area contributed by atoms with Crippen LogP contribution in [0.3, 0.4) is 0 Å². The molecule has 2 aromatic rings. The molecule has 0 saturated heterocycles. The van der Waals surface area contributed by atoms with Crippen molar-refractivity contribution in [2.45, 2.75) is 63.4 Å². The SMILES string of the molecule is N#CC[C@H]1CCc2sc3ncnc(OC4CCCCC4)c3c21. The molecule has 2 aliphatic carbocycles. The third-order valence-electron chi connectivity index (χ3n) is 4.86. The van der Waals surface area contributed by atoms with Crippen LogP contribution in [0.1, 0.15) is 61.3 Å². The number of nitrogens with zero attached hydrogens (tertiary/aromatic N) is 3. The van der Waals surface area contributed by atoms with Gasteiger partial charge in [0.2, 0.25) is 5.88 Å². The quantitative estimate of drug-likeness (QED) is 0.845. The molecule has 0 N–H and O–H groups in total. The number of aryl methyl sites for hydroxylation is 1. The summed E-state index contributed by atoms with van der Waals surface area (Å²) in [6, 6.07) is 2.33. The van der Waals surface area contributed by atoms with Crippen LogP contribution in [0, 0.1) is 11.3 Å². The van der Waals surface area contributed by atoms with Crippen molar-refractivity contribution in [1.82, 2.24) is 9.97 Å². The van der Waals surface area contributed by atoms with E-state index in [9.17, 15) is 0 Å². The number of fused-ring (bicyclic) bond motifs is 3. The Bertz CT molecular complexity index is 727. The van der Waals surface area contributed by atoms with Gasteiger partial charge in [0.05, 0.1) is 11.5 Å². The first kappa shape index (κ1) is 14.0. The molecule has 2 heterocycles. The summed E-state index contributed by atoms with van der Waals surface area (Å²) in [6.07, 6.45) is 10.7. The van der Waals surface area contributed by atoms with Crippen molar-refractivity contribution in [3.8, 4) is 11.9 Å². The van der Waals surface area contributed by atoms with Crippen LogP contribution in [0.4, 0.5) is 0 Å². The van der Waals surface area contributed by atoms with Gasteiger partial charge in [0.1, 0.15) is 17.3 Å². The molecular weight excluding hydrogens is 294 g/mol. The first-order valence-electron chi connectivity index (χ1n) is 8.16. The lowest BCUT2D eigenvalue weighted by Gasteiger charge is -2.23. The summed E-state index contributed by atoms with van der Waals surface area (Å²) in [6.45, 7) is 0. The van der Waals surface area contributed by atoms with Gasteiger partial charge in [-0.05, 0) is 50.0 Å². The maximum absolute atomic E-state index is 9.08. The Hall–Kier alpha value is -1.67. The van der Waals surface area contributed by atoms with E-state index in [0.717, 1.165) is 41.8 Å². The third-order valence-corrected chi connectivity index (χ3v) is 6.04. The predicted octanol–water partition coefficient (Wildman–Crippen LogP) is 4.35. The van der Waals surface area contributed by atoms with Gasteiger partial charge in [0, 0.05) is 11.3 Å². The molecule has 1 saturated carbocycles. The maximum atomic E-state index is 9.08. The van der Waals surface area contributed by atoms with Gasteiger partial charge in [-0.15, -0.1) is 11.3 Å². The van der Waals surface area contributed by atoms with Crippen molar-refractivity contribution in [3.63, 3.8) is 0 Å². The predicted molar refractivity (Wildman–Crippen MR) is 86.2 cm³/mol. The second kappa shape index (κ2) is 5.85. The van der Waals surface area contributed by atoms with Gasteiger partial charge in [-0.1, -0.05) is 6.42 Å². The molecule has 0 amide bonds. The van der Waals surface area contributed by atoms with Crippen molar-refractivity contribution < 1.29 is 4.74 Å². The molecule has 0 unspecified atom stereocenters. The molecule has 2 aliphatic rings. The van der Waals surface area contributed by atoms with Gasteiger partial charge in [-0.2, -0.15) is 5.26 Å². The molecule has 0 radical (unpaired) electrons. The van der Waals surface area contributed by atoms with E-state index < -0.39 is 0 Å². The molecular formula is C17H19N3OS. The van der Waals surface area contributed by atoms with E-state index in [2.05, 4.69) is 16.0 Å². The average Bonchev–Trinajstić information content (AvgIpc) is 3.09. The lowest BCUT2D eigenvalue weighted by molar-refractivity contribution is 0.150. The largest absolute Gasteiger partial charge is 0.474 e. The highest BCUT2D eigenvalue weighted by molar-refractivity contribution is 7.19. The topological polar surface area (TPSA) is 58.8 Å². The molecule has 2 aromatic heterocycles. The van der Waals surface area contributed by atoms with Gasteiger partial charge >= 0.3 is 0 Å². The van der Waals surface area contributed by atoms with Crippen LogP contribution in [0.2, 0.25) is 0 Å². The van der Waals surface area contributed by atoms with Gasteiger partial charge in [-0.25, -0.2) is 9.97 Å². The summed E-state index contributed by atoms with van der Waals surface area (Å²) in [5.74, 6) is 1.08. The van der Waals surface area contributed by atoms with Crippen molar-refractivity contribution in [2.75, 3.05) is 0 Å². The zero-order chi connectivity index (χ0) is 14.9. The normalized spacial score (nSPS) is 21.7. The molecule has 4 rings (SSSR count). The number of aromatic nitrogens is 2. The second-order valence-electron chi connectivity index (χ2n) is 6.27. The van der Waals surface area contributed by atoms with Gasteiger partial charge in [0.15, 0.2) is 0 Å². The van der Waals surface area contributed by atoms with Gasteiger partial charge < -0.3 is 4.74 Å². The number of thiophene rings is 1. The number of hydrogen-bond acceptors (Lipinski definition) is 5. The van der Waals surface area contributed by atoms with Crippen LogP contribution >= 0.6 is 11.3 Å². The van der Waals surface area contributed by atoms with Crippen LogP contribution in [0.5, 0.6) is 5.88 Å². The highest BCUT2D eigenvalue weighted by atomic mass is 32.1. The standard InChI is InChI=1S/C17H19N3OS/c18-9-8-11-6-7-13-14(11)15-16(19-10-20-17(15)22-13)21-12-4-2-1-3-5-12/h10-12H,1-8H2/t11-/m1/s1. The van der Waals surface area contributed by atoms with Crippen molar-refractivity contribution in [2.24, 2.45) is 0 Å². The Labute approximate surface area is 134 Å². The van der Waals surface area contributed by atoms with Crippen LogP contribution in [0.15, 0.2) is 6.33 Å². The van der Waals surface area contributed by atoms with Crippen molar-refractivity contribution >= 4 is 21.6 Å². The second-order valence-corrected chi connectivity index (χ2v) is 7.36. The molecule has 0 spiro atoms. The molecule has 1 atom stereocenters. The fraction of sp³-hybridized carbons (Fsp3) is 0.588. The molecule has 114 valence electrons. The number of hydrogen-bond donors (Lipinski definition) is 0. The molecule has 22 heavy (non-hydrogen) atoms. The van der Waals surface area contributed by atoms with E-state index in [1.54, 1.807) is 17.7 Å². The van der Waals surface area contributed by atoms with Crippen LogP contribution in [0.25, 0.3) is 10.2 Å². The summed E-state index contributed by atoms with van der Waals surface area (Å²) >= 11 is 1.75. The summed E-state index contributed by atoms with van der Waals surface area (Å²) in [5.41, 5.74) is 1.30. The molecule has 4 nitrogen and oxygen atoms in total. The minimum absolute atomic E-state index is 0.290. The first-order chi connectivity index (χ1) is 10.9. The van der Waals surface area contributed by atoms with E-state index in [4.69, 9.17) is 10.00 Å². The van der Waals surface area contributed by atoms with E-state index >= 15 is 0 Å². The van der Waals surface area contributed by atoms with E-state index in [0.29, 0.717) is 18.4 Å². The third kappa shape index (κ3) is 2.36. The number of nitriles is 1. The summed E-state index contributed by atoms with van der Waals surface area (Å²) in [7, 11) is 0. The Morgan fingerprint density at radius 2 is 2.09 bits per heavy atom. The van der Waals surface area contributed by atoms with Crippen LogP contribution in [-0.4, -0.2) is 16.1 Å². The summed E-state index contributed by atoms with van der Waals surface area (Å²) in [5, 5.41) is 10.2. The average molecular weight is 313 g/mol. The zero-order valence-corrected chi connectivity index (χ0v) is 13.4. The monoisotopic (exact) mass is 313 g/mol. The Morgan fingerprint density at radius 3 is 2.91 bits per heavy atom. The molecule has 0 bridgehead atoms. The highest BCUT2D eigenvalue weighted by Crippen LogP contribution is 2.47. The van der Waals surface area contributed by atoms with Crippen LogP contribution in [-0.2, 0) is 6.42 Å². The molecule has 1 fully saturated rings. The highest BCUT2D eigenvalue weighted by Gasteiger charge is 2.30. The smallest absolute Gasteiger partial charge is 0.225 e. The van der Waals surface area contributed by atoms with E-state index in [1.807, 2.05) is 0 Å². The minimum atomic E-state index is 0.290. The number of rotatable bonds is 3. The lowest BCUT2D eigenvalue weighted by atomic mass is 9.97. The first-order valence-corrected chi connectivity index (χ1v) is 8.98. The maximum Gasteiger partial charge on any atom is 0.225 e. The van der Waals surface area contributed by atoms with Gasteiger partial charge in [0.25, 0.3) is 0 Å². The van der Waals surface area contributed by atoms with Gasteiger partial charge in [-0.3, -0.25) is 0 Å². The van der Waals surface area contributed by atoms with E-state index in [-0.39, 0.29) is 0 Å².